The van der Waals surface area contributed by atoms with Crippen LogP contribution in [0.1, 0.15) is 44.6 Å². The number of amides is 1. The number of unbranched alkanes of at least 4 members (excludes halogenated alkanes) is 1. The van der Waals surface area contributed by atoms with Crippen LogP contribution in [-0.2, 0) is 27.8 Å². The van der Waals surface area contributed by atoms with Crippen molar-refractivity contribution in [1.82, 2.24) is 8.87 Å². The Bertz CT molecular complexity index is 1370. The van der Waals surface area contributed by atoms with Gasteiger partial charge in [-0.25, -0.2) is 8.42 Å². The lowest BCUT2D eigenvalue weighted by Gasteiger charge is -2.31. The van der Waals surface area contributed by atoms with Gasteiger partial charge in [-0.15, -0.1) is 17.9 Å². The van der Waals surface area contributed by atoms with Crippen molar-refractivity contribution < 1.29 is 13.2 Å². The first-order valence-electron chi connectivity index (χ1n) is 11.4. The van der Waals surface area contributed by atoms with Gasteiger partial charge in [-0.1, -0.05) is 54.8 Å². The minimum atomic E-state index is -3.82. The molecule has 4 rings (SSSR count). The van der Waals surface area contributed by atoms with Crippen LogP contribution in [0.4, 0.5) is 0 Å². The second-order valence-corrected chi connectivity index (χ2v) is 13.2. The van der Waals surface area contributed by atoms with Gasteiger partial charge in [-0.05, 0) is 55.5 Å². The van der Waals surface area contributed by atoms with Gasteiger partial charge in [0.15, 0.2) is 4.80 Å². The Labute approximate surface area is 213 Å². The molecule has 1 aromatic carbocycles. The van der Waals surface area contributed by atoms with Gasteiger partial charge in [-0.3, -0.25) is 4.79 Å². The predicted molar refractivity (Wildman–Crippen MR) is 140 cm³/mol. The summed E-state index contributed by atoms with van der Waals surface area (Å²) in [6.45, 7) is 6.83. The van der Waals surface area contributed by atoms with E-state index in [0.29, 0.717) is 35.1 Å². The summed E-state index contributed by atoms with van der Waals surface area (Å²) >= 11 is 8.44. The number of piperidine rings is 1. The summed E-state index contributed by atoms with van der Waals surface area (Å²) in [5.74, 6) is -0.429. The molecule has 2 aromatic heterocycles. The fourth-order valence-corrected chi connectivity index (χ4v) is 8.58. The van der Waals surface area contributed by atoms with Gasteiger partial charge >= 0.3 is 0 Å². The summed E-state index contributed by atoms with van der Waals surface area (Å²) in [4.78, 5) is 18.4. The molecule has 10 heteroatoms. The molecule has 3 aromatic rings. The molecule has 1 aliphatic heterocycles. The van der Waals surface area contributed by atoms with Crippen LogP contribution in [0.3, 0.4) is 0 Å². The molecule has 1 saturated heterocycles. The van der Waals surface area contributed by atoms with E-state index in [1.807, 2.05) is 4.57 Å². The Morgan fingerprint density at radius 1 is 1.26 bits per heavy atom. The largest absolute Gasteiger partial charge is 0.313 e. The van der Waals surface area contributed by atoms with Gasteiger partial charge in [0.25, 0.3) is 15.9 Å². The number of aromatic nitrogens is 1. The van der Waals surface area contributed by atoms with Crippen LogP contribution in [0.15, 0.2) is 52.2 Å². The van der Waals surface area contributed by atoms with Crippen molar-refractivity contribution >= 4 is 60.4 Å². The Kier molecular flexibility index (Phi) is 8.09. The zero-order valence-electron chi connectivity index (χ0n) is 19.1. The Balaban J connectivity index is 1.71. The quantitative estimate of drug-likeness (QED) is 0.350. The number of rotatable bonds is 8. The third-order valence-corrected chi connectivity index (χ3v) is 10.6. The molecule has 6 nitrogen and oxygen atoms in total. The van der Waals surface area contributed by atoms with Gasteiger partial charge < -0.3 is 4.57 Å². The number of thiazole rings is 1. The van der Waals surface area contributed by atoms with Crippen molar-refractivity contribution in [2.24, 2.45) is 4.99 Å². The van der Waals surface area contributed by atoms with E-state index in [9.17, 15) is 13.2 Å². The molecule has 0 spiro atoms. The third kappa shape index (κ3) is 5.23. The predicted octanol–water partition coefficient (Wildman–Crippen LogP) is 5.62. The molecular weight excluding hydrogens is 510 g/mol. The van der Waals surface area contributed by atoms with Crippen LogP contribution in [0.2, 0.25) is 4.34 Å². The monoisotopic (exact) mass is 537 g/mol. The molecule has 0 aliphatic carbocycles. The summed E-state index contributed by atoms with van der Waals surface area (Å²) < 4.78 is 31.4. The van der Waals surface area contributed by atoms with Crippen LogP contribution < -0.4 is 4.80 Å². The number of carbonyl (C=O) groups is 1. The minimum absolute atomic E-state index is 0.153. The molecule has 1 aliphatic rings. The number of nitrogens with zero attached hydrogens (tertiary/aromatic N) is 3. The van der Waals surface area contributed by atoms with E-state index >= 15 is 0 Å². The zero-order chi connectivity index (χ0) is 24.3. The number of aryl methyl sites for hydroxylation is 1. The van der Waals surface area contributed by atoms with Crippen LogP contribution in [0.5, 0.6) is 0 Å². The molecule has 34 heavy (non-hydrogen) atoms. The highest BCUT2D eigenvalue weighted by Gasteiger charge is 2.38. The molecule has 1 atom stereocenters. The lowest BCUT2D eigenvalue weighted by atomic mass is 10.0. The van der Waals surface area contributed by atoms with Crippen LogP contribution in [0.25, 0.3) is 10.2 Å². The Hall–Kier alpha value is -1.78. The summed E-state index contributed by atoms with van der Waals surface area (Å²) in [7, 11) is -3.82. The second kappa shape index (κ2) is 10.9. The lowest BCUT2D eigenvalue weighted by molar-refractivity contribution is -0.122. The summed E-state index contributed by atoms with van der Waals surface area (Å²) in [6, 6.07) is 8.60. The van der Waals surface area contributed by atoms with Gasteiger partial charge in [0.05, 0.1) is 14.6 Å². The number of benzene rings is 1. The number of halogens is 1. The number of hydrogen-bond acceptors (Lipinski definition) is 5. The van der Waals surface area contributed by atoms with Crippen molar-refractivity contribution in [2.75, 3.05) is 6.54 Å². The van der Waals surface area contributed by atoms with Crippen molar-refractivity contribution in [2.45, 2.75) is 62.2 Å². The molecule has 182 valence electrons. The summed E-state index contributed by atoms with van der Waals surface area (Å²) in [5.41, 5.74) is 2.26. The first-order valence-corrected chi connectivity index (χ1v) is 14.9. The maximum atomic E-state index is 13.4. The smallest absolute Gasteiger partial charge is 0.266 e. The third-order valence-electron chi connectivity index (χ3n) is 5.93. The zero-order valence-corrected chi connectivity index (χ0v) is 22.3. The van der Waals surface area contributed by atoms with Crippen molar-refractivity contribution in [3.63, 3.8) is 0 Å². The van der Waals surface area contributed by atoms with E-state index in [-0.39, 0.29) is 4.21 Å². The highest BCUT2D eigenvalue weighted by molar-refractivity contribution is 7.91. The van der Waals surface area contributed by atoms with Gasteiger partial charge in [0.2, 0.25) is 0 Å². The van der Waals surface area contributed by atoms with Gasteiger partial charge in [0.1, 0.15) is 10.3 Å². The first-order chi connectivity index (χ1) is 16.3. The molecule has 0 saturated carbocycles. The van der Waals surface area contributed by atoms with Crippen molar-refractivity contribution in [1.29, 1.82) is 0 Å². The maximum Gasteiger partial charge on any atom is 0.266 e. The molecule has 3 heterocycles. The fraction of sp³-hybridized carbons (Fsp3) is 0.417. The van der Waals surface area contributed by atoms with E-state index in [4.69, 9.17) is 11.6 Å². The van der Waals surface area contributed by atoms with Crippen LogP contribution in [0, 0.1) is 0 Å². The number of carbonyl (C=O) groups excluding carboxylic acids is 1. The molecule has 1 unspecified atom stereocenters. The number of allylic oxidation sites excluding steroid dienone is 1. The molecular formula is C24H28ClN3O3S3. The van der Waals surface area contributed by atoms with Crippen molar-refractivity contribution in [3.8, 4) is 0 Å². The normalized spacial score (nSPS) is 17.9. The topological polar surface area (TPSA) is 71.7 Å². The van der Waals surface area contributed by atoms with Gasteiger partial charge in [0, 0.05) is 13.1 Å². The van der Waals surface area contributed by atoms with E-state index in [2.05, 4.69) is 36.7 Å². The first kappa shape index (κ1) is 25.3. The highest BCUT2D eigenvalue weighted by Crippen LogP contribution is 2.32. The molecule has 0 N–H and O–H groups in total. The van der Waals surface area contributed by atoms with Crippen LogP contribution >= 0.6 is 34.3 Å². The maximum absolute atomic E-state index is 13.4. The highest BCUT2D eigenvalue weighted by atomic mass is 35.5. The number of sulfonamides is 1. The molecule has 1 amide bonds. The number of thiophene rings is 1. The van der Waals surface area contributed by atoms with Crippen molar-refractivity contribution in [3.05, 3.63) is 57.7 Å². The number of fused-ring (bicyclic) bond motifs is 1. The van der Waals surface area contributed by atoms with Gasteiger partial charge in [-0.2, -0.15) is 9.30 Å². The Morgan fingerprint density at radius 3 is 2.79 bits per heavy atom. The molecule has 0 radical (unpaired) electrons. The van der Waals surface area contributed by atoms with E-state index in [0.717, 1.165) is 47.2 Å². The summed E-state index contributed by atoms with van der Waals surface area (Å²) in [5, 5.41) is 0. The minimum Gasteiger partial charge on any atom is -0.313 e. The number of hydrogen-bond donors (Lipinski definition) is 0. The van der Waals surface area contributed by atoms with E-state index in [1.165, 1.54) is 27.3 Å². The summed E-state index contributed by atoms with van der Waals surface area (Å²) in [6.07, 6.45) is 6.99. The Morgan fingerprint density at radius 2 is 2.09 bits per heavy atom. The molecule has 0 bridgehead atoms. The second-order valence-electron chi connectivity index (χ2n) is 8.33. The average molecular weight is 538 g/mol. The standard InChI is InChI=1S/C24H28ClN3O3S3/c1-3-5-8-17-10-11-18-20(16-17)32-24(27(18)14-4-2)26-23(29)19-9-6-7-15-28(19)34(30,31)22-13-12-21(25)33-22/h4,10-13,16,19H,2-3,5-9,14-15H2,1H3. The van der Waals surface area contributed by atoms with E-state index < -0.39 is 22.0 Å². The SMILES string of the molecule is C=CCn1c(=NC(=O)C2CCCCN2S(=O)(=O)c2ccc(Cl)s2)sc2cc(CCCC)ccc21. The lowest BCUT2D eigenvalue weighted by Crippen LogP contribution is -2.47. The molecule has 1 fully saturated rings. The fourth-order valence-electron chi connectivity index (χ4n) is 4.21. The average Bonchev–Trinajstić information content (AvgIpc) is 3.41. The van der Waals surface area contributed by atoms with E-state index in [1.54, 1.807) is 12.1 Å². The van der Waals surface area contributed by atoms with Crippen LogP contribution in [-0.4, -0.2) is 35.8 Å².